The van der Waals surface area contributed by atoms with E-state index in [2.05, 4.69) is 26.5 Å². The van der Waals surface area contributed by atoms with Gasteiger partial charge in [-0.3, -0.25) is 9.48 Å². The van der Waals surface area contributed by atoms with E-state index in [0.29, 0.717) is 18.8 Å². The van der Waals surface area contributed by atoms with Crippen LogP contribution in [0.1, 0.15) is 49.1 Å². The van der Waals surface area contributed by atoms with Gasteiger partial charge in [0, 0.05) is 32.0 Å². The summed E-state index contributed by atoms with van der Waals surface area (Å²) in [6.07, 6.45) is 6.42. The number of aryl methyl sites for hydroxylation is 2. The van der Waals surface area contributed by atoms with Crippen molar-refractivity contribution in [3.63, 3.8) is 0 Å². The average Bonchev–Trinajstić information content (AvgIpc) is 3.22. The maximum atomic E-state index is 13.1. The lowest BCUT2D eigenvalue weighted by atomic mass is 9.94. The molecule has 1 aliphatic carbocycles. The molecule has 1 aromatic heterocycles. The van der Waals surface area contributed by atoms with Crippen LogP contribution in [0.3, 0.4) is 0 Å². The Morgan fingerprint density at radius 2 is 2.11 bits per heavy atom. The van der Waals surface area contributed by atoms with Crippen molar-refractivity contribution in [2.75, 3.05) is 6.54 Å². The van der Waals surface area contributed by atoms with Crippen molar-refractivity contribution in [3.8, 4) is 0 Å². The number of carbonyl (C=O) groups is 1. The number of nitrogens with one attached hydrogen (secondary N) is 2. The fourth-order valence-electron chi connectivity index (χ4n) is 4.46. The monoisotopic (exact) mass is 384 g/mol. The van der Waals surface area contributed by atoms with Crippen LogP contribution in [0.2, 0.25) is 0 Å². The number of hydrogen-bond acceptors (Lipinski definition) is 3. The zero-order valence-electron chi connectivity index (χ0n) is 16.3. The fraction of sp³-hybridized carbons (Fsp3) is 0.545. The largest absolute Gasteiger partial charge is 0.353 e. The van der Waals surface area contributed by atoms with E-state index in [1.165, 1.54) is 17.8 Å². The number of benzene rings is 1. The van der Waals surface area contributed by atoms with E-state index in [1.54, 1.807) is 0 Å². The highest BCUT2D eigenvalue weighted by Crippen LogP contribution is 2.29. The lowest BCUT2D eigenvalue weighted by Gasteiger charge is -2.21. The molecule has 4 rings (SSSR count). The molecule has 2 aromatic rings. The van der Waals surface area contributed by atoms with Crippen molar-refractivity contribution in [1.29, 1.82) is 0 Å². The van der Waals surface area contributed by atoms with Gasteiger partial charge in [0.1, 0.15) is 5.82 Å². The third kappa shape index (κ3) is 4.79. The summed E-state index contributed by atoms with van der Waals surface area (Å²) in [5.41, 5.74) is 3.35. The third-order valence-corrected chi connectivity index (χ3v) is 5.97. The predicted molar refractivity (Wildman–Crippen MR) is 106 cm³/mol. The molecule has 2 heterocycles. The van der Waals surface area contributed by atoms with Crippen molar-refractivity contribution in [1.82, 2.24) is 20.4 Å². The summed E-state index contributed by atoms with van der Waals surface area (Å²) in [4.78, 5) is 12.5. The standard InChI is InChI=1S/C22H29FN4O/c23-18-7-5-16(6-8-18)13-17-3-1-4-21(17)25-22(28)10-9-19-14-20-15-24-11-2-12-27(20)26-19/h5-8,14,17,21,24H,1-4,9-13,15H2,(H,25,28). The molecule has 0 spiro atoms. The molecule has 2 atom stereocenters. The van der Waals surface area contributed by atoms with Gasteiger partial charge in [-0.15, -0.1) is 0 Å². The summed E-state index contributed by atoms with van der Waals surface area (Å²) in [6.45, 7) is 2.83. The van der Waals surface area contributed by atoms with E-state index in [0.717, 1.165) is 63.0 Å². The molecule has 1 saturated carbocycles. The molecule has 150 valence electrons. The Kier molecular flexibility index (Phi) is 6.05. The first kappa shape index (κ1) is 19.1. The minimum Gasteiger partial charge on any atom is -0.353 e. The smallest absolute Gasteiger partial charge is 0.220 e. The molecule has 1 amide bonds. The number of aromatic nitrogens is 2. The summed E-state index contributed by atoms with van der Waals surface area (Å²) in [6, 6.07) is 9.08. The minimum absolute atomic E-state index is 0.109. The molecule has 28 heavy (non-hydrogen) atoms. The van der Waals surface area contributed by atoms with Gasteiger partial charge >= 0.3 is 0 Å². The average molecular weight is 384 g/mol. The lowest BCUT2D eigenvalue weighted by Crippen LogP contribution is -2.38. The van der Waals surface area contributed by atoms with Crippen LogP contribution in [0.15, 0.2) is 30.3 Å². The maximum absolute atomic E-state index is 13.1. The highest BCUT2D eigenvalue weighted by molar-refractivity contribution is 5.76. The fourth-order valence-corrected chi connectivity index (χ4v) is 4.46. The molecule has 1 fully saturated rings. The first-order valence-corrected chi connectivity index (χ1v) is 10.5. The summed E-state index contributed by atoms with van der Waals surface area (Å²) < 4.78 is 15.2. The van der Waals surface area contributed by atoms with Gasteiger partial charge < -0.3 is 10.6 Å². The van der Waals surface area contributed by atoms with E-state index in [-0.39, 0.29) is 17.8 Å². The number of rotatable bonds is 6. The highest BCUT2D eigenvalue weighted by atomic mass is 19.1. The van der Waals surface area contributed by atoms with E-state index in [4.69, 9.17) is 0 Å². The number of hydrogen-bond donors (Lipinski definition) is 2. The first-order chi connectivity index (χ1) is 13.7. The molecule has 0 saturated heterocycles. The van der Waals surface area contributed by atoms with Gasteiger partial charge in [0.05, 0.1) is 11.4 Å². The van der Waals surface area contributed by atoms with Crippen LogP contribution < -0.4 is 10.6 Å². The molecular weight excluding hydrogens is 355 g/mol. The quantitative estimate of drug-likeness (QED) is 0.805. The van der Waals surface area contributed by atoms with Gasteiger partial charge in [-0.05, 0) is 61.9 Å². The molecular formula is C22H29FN4O. The molecule has 2 unspecified atom stereocenters. The molecule has 2 aliphatic rings. The van der Waals surface area contributed by atoms with Crippen LogP contribution in [-0.4, -0.2) is 28.3 Å². The van der Waals surface area contributed by atoms with E-state index < -0.39 is 0 Å². The van der Waals surface area contributed by atoms with Crippen LogP contribution >= 0.6 is 0 Å². The number of amides is 1. The van der Waals surface area contributed by atoms with Crippen molar-refractivity contribution in [2.24, 2.45) is 5.92 Å². The second-order valence-corrected chi connectivity index (χ2v) is 8.08. The molecule has 2 N–H and O–H groups in total. The van der Waals surface area contributed by atoms with Gasteiger partial charge in [0.25, 0.3) is 0 Å². The second-order valence-electron chi connectivity index (χ2n) is 8.08. The van der Waals surface area contributed by atoms with Gasteiger partial charge in [0.15, 0.2) is 0 Å². The summed E-state index contributed by atoms with van der Waals surface area (Å²) in [5.74, 6) is 0.342. The SMILES string of the molecule is O=C(CCc1cc2n(n1)CCCNC2)NC1CCCC1Cc1ccc(F)cc1. The number of carbonyl (C=O) groups excluding carboxylic acids is 1. The Balaban J connectivity index is 1.27. The zero-order valence-corrected chi connectivity index (χ0v) is 16.3. The summed E-state index contributed by atoms with van der Waals surface area (Å²) in [5, 5.41) is 11.3. The normalized spacial score (nSPS) is 21.9. The van der Waals surface area contributed by atoms with Crippen LogP contribution in [0.4, 0.5) is 4.39 Å². The molecule has 6 heteroatoms. The van der Waals surface area contributed by atoms with Crippen LogP contribution in [-0.2, 0) is 30.7 Å². The summed E-state index contributed by atoms with van der Waals surface area (Å²) in [7, 11) is 0. The van der Waals surface area contributed by atoms with Gasteiger partial charge in [-0.2, -0.15) is 5.10 Å². The Bertz CT molecular complexity index is 778. The molecule has 0 bridgehead atoms. The number of nitrogens with zero attached hydrogens (tertiary/aromatic N) is 2. The van der Waals surface area contributed by atoms with Gasteiger partial charge in [-0.25, -0.2) is 4.39 Å². The molecule has 0 radical (unpaired) electrons. The van der Waals surface area contributed by atoms with Crippen LogP contribution in [0, 0.1) is 11.7 Å². The van der Waals surface area contributed by atoms with Crippen molar-refractivity contribution >= 4 is 5.91 Å². The topological polar surface area (TPSA) is 59.0 Å². The number of fused-ring (bicyclic) bond motifs is 1. The second kappa shape index (κ2) is 8.86. The van der Waals surface area contributed by atoms with E-state index >= 15 is 0 Å². The molecule has 1 aromatic carbocycles. The highest BCUT2D eigenvalue weighted by Gasteiger charge is 2.28. The van der Waals surface area contributed by atoms with E-state index in [9.17, 15) is 9.18 Å². The Labute approximate surface area is 165 Å². The van der Waals surface area contributed by atoms with Gasteiger partial charge in [0.2, 0.25) is 5.91 Å². The van der Waals surface area contributed by atoms with Crippen molar-refractivity contribution in [2.45, 2.75) is 64.1 Å². The Hall–Kier alpha value is -2.21. The first-order valence-electron chi connectivity index (χ1n) is 10.5. The zero-order chi connectivity index (χ0) is 19.3. The third-order valence-electron chi connectivity index (χ3n) is 5.97. The lowest BCUT2D eigenvalue weighted by molar-refractivity contribution is -0.122. The summed E-state index contributed by atoms with van der Waals surface area (Å²) >= 11 is 0. The maximum Gasteiger partial charge on any atom is 0.220 e. The Morgan fingerprint density at radius 1 is 1.25 bits per heavy atom. The van der Waals surface area contributed by atoms with Crippen molar-refractivity contribution < 1.29 is 9.18 Å². The number of halogens is 1. The van der Waals surface area contributed by atoms with Crippen LogP contribution in [0.5, 0.6) is 0 Å². The van der Waals surface area contributed by atoms with Crippen LogP contribution in [0.25, 0.3) is 0 Å². The molecule has 5 nitrogen and oxygen atoms in total. The van der Waals surface area contributed by atoms with E-state index in [1.807, 2.05) is 12.1 Å². The van der Waals surface area contributed by atoms with Crippen molar-refractivity contribution in [3.05, 3.63) is 53.1 Å². The predicted octanol–water partition coefficient (Wildman–Crippen LogP) is 2.98. The van der Waals surface area contributed by atoms with Gasteiger partial charge in [-0.1, -0.05) is 18.6 Å². The Morgan fingerprint density at radius 3 is 2.96 bits per heavy atom. The molecule has 1 aliphatic heterocycles. The minimum atomic E-state index is -0.201.